The molecule has 1 aliphatic carbocycles. The van der Waals surface area contributed by atoms with Gasteiger partial charge in [0.05, 0.1) is 16.7 Å². The molecule has 0 amide bonds. The maximum Gasteiger partial charge on any atom is 0.342 e. The third-order valence-corrected chi connectivity index (χ3v) is 3.54. The molecule has 114 valence electrons. The molecule has 0 bridgehead atoms. The number of nitro groups is 1. The number of carbonyl (C=O) groups is 1. The largest absolute Gasteiger partial charge is 0.477 e. The highest BCUT2D eigenvalue weighted by Crippen LogP contribution is 2.36. The van der Waals surface area contributed by atoms with Gasteiger partial charge in [-0.2, -0.15) is 0 Å². The molecule has 0 saturated heterocycles. The monoisotopic (exact) mass is 296 g/mol. The van der Waals surface area contributed by atoms with Crippen LogP contribution < -0.4 is 4.90 Å². The van der Waals surface area contributed by atoms with Gasteiger partial charge in [-0.1, -0.05) is 13.3 Å². The standard InChI is InChI=1S/C14H17FN2O4/c1-2-3-6-16(9-4-5-9)13-7-10(14(18)19)12(17(20)21)8-11(13)15/h7-9H,2-6H2,1H3,(H,18,19). The maximum atomic E-state index is 14.2. The average Bonchev–Trinajstić information content (AvgIpc) is 3.24. The first-order valence-electron chi connectivity index (χ1n) is 6.93. The first kappa shape index (κ1) is 15.2. The van der Waals surface area contributed by atoms with Crippen molar-refractivity contribution in [1.29, 1.82) is 0 Å². The molecule has 1 saturated carbocycles. The SMILES string of the molecule is CCCCN(c1cc(C(=O)O)c([N+](=O)[O-])cc1F)C1CC1. The van der Waals surface area contributed by atoms with E-state index in [1.54, 1.807) is 0 Å². The molecule has 0 aliphatic heterocycles. The summed E-state index contributed by atoms with van der Waals surface area (Å²) in [6.07, 6.45) is 3.66. The molecule has 0 radical (unpaired) electrons. The molecule has 1 fully saturated rings. The van der Waals surface area contributed by atoms with Crippen molar-refractivity contribution in [2.45, 2.75) is 38.6 Å². The molecular formula is C14H17FN2O4. The molecule has 1 N–H and O–H groups in total. The second-order valence-electron chi connectivity index (χ2n) is 5.16. The average molecular weight is 296 g/mol. The van der Waals surface area contributed by atoms with Crippen molar-refractivity contribution in [3.8, 4) is 0 Å². The Balaban J connectivity index is 2.44. The molecular weight excluding hydrogens is 279 g/mol. The zero-order valence-corrected chi connectivity index (χ0v) is 11.7. The zero-order chi connectivity index (χ0) is 15.6. The minimum absolute atomic E-state index is 0.147. The highest BCUT2D eigenvalue weighted by Gasteiger charge is 2.32. The predicted molar refractivity (Wildman–Crippen MR) is 75.3 cm³/mol. The van der Waals surface area contributed by atoms with Crippen LogP contribution in [0.2, 0.25) is 0 Å². The summed E-state index contributed by atoms with van der Waals surface area (Å²) >= 11 is 0. The van der Waals surface area contributed by atoms with Crippen LogP contribution in [0.3, 0.4) is 0 Å². The third-order valence-electron chi connectivity index (χ3n) is 3.54. The van der Waals surface area contributed by atoms with Crippen LogP contribution in [0.25, 0.3) is 0 Å². The second-order valence-corrected chi connectivity index (χ2v) is 5.16. The van der Waals surface area contributed by atoms with E-state index in [2.05, 4.69) is 0 Å². The molecule has 0 spiro atoms. The fraction of sp³-hybridized carbons (Fsp3) is 0.500. The fourth-order valence-electron chi connectivity index (χ4n) is 2.31. The number of aromatic carboxylic acids is 1. The number of hydrogen-bond donors (Lipinski definition) is 1. The number of rotatable bonds is 7. The predicted octanol–water partition coefficient (Wildman–Crippen LogP) is 3.20. The Bertz CT molecular complexity index is 572. The molecule has 7 heteroatoms. The van der Waals surface area contributed by atoms with E-state index in [0.29, 0.717) is 12.6 Å². The highest BCUT2D eigenvalue weighted by atomic mass is 19.1. The lowest BCUT2D eigenvalue weighted by atomic mass is 10.1. The Hall–Kier alpha value is -2.18. The molecule has 1 aromatic carbocycles. The number of carboxylic acid groups (broad SMARTS) is 1. The van der Waals surface area contributed by atoms with Crippen LogP contribution in [0.5, 0.6) is 0 Å². The van der Waals surface area contributed by atoms with Gasteiger partial charge in [-0.25, -0.2) is 9.18 Å². The number of nitrogens with zero attached hydrogens (tertiary/aromatic N) is 2. The number of unbranched alkanes of at least 4 members (excludes halogenated alkanes) is 1. The number of anilines is 1. The maximum absolute atomic E-state index is 14.2. The number of halogens is 1. The number of benzene rings is 1. The molecule has 0 heterocycles. The van der Waals surface area contributed by atoms with E-state index in [4.69, 9.17) is 5.11 Å². The quantitative estimate of drug-likeness (QED) is 0.617. The molecule has 0 aromatic heterocycles. The summed E-state index contributed by atoms with van der Waals surface area (Å²) in [4.78, 5) is 23.0. The van der Waals surface area contributed by atoms with Crippen molar-refractivity contribution < 1.29 is 19.2 Å². The Kier molecular flexibility index (Phi) is 4.40. The molecule has 2 rings (SSSR count). The van der Waals surface area contributed by atoms with Crippen molar-refractivity contribution in [2.75, 3.05) is 11.4 Å². The van der Waals surface area contributed by atoms with Gasteiger partial charge < -0.3 is 10.0 Å². The summed E-state index contributed by atoms with van der Waals surface area (Å²) in [6, 6.07) is 2.00. The number of nitro benzene ring substituents is 1. The van der Waals surface area contributed by atoms with E-state index in [-0.39, 0.29) is 11.7 Å². The van der Waals surface area contributed by atoms with Crippen LogP contribution in [-0.2, 0) is 0 Å². The van der Waals surface area contributed by atoms with Crippen molar-refractivity contribution in [3.63, 3.8) is 0 Å². The van der Waals surface area contributed by atoms with E-state index in [1.807, 2.05) is 11.8 Å². The zero-order valence-electron chi connectivity index (χ0n) is 11.7. The van der Waals surface area contributed by atoms with E-state index >= 15 is 0 Å². The van der Waals surface area contributed by atoms with Crippen LogP contribution in [0, 0.1) is 15.9 Å². The first-order valence-corrected chi connectivity index (χ1v) is 6.93. The minimum Gasteiger partial charge on any atom is -0.477 e. The molecule has 1 aliphatic rings. The summed E-state index contributed by atoms with van der Waals surface area (Å²) in [7, 11) is 0. The Morgan fingerprint density at radius 2 is 2.19 bits per heavy atom. The van der Waals surface area contributed by atoms with Gasteiger partial charge >= 0.3 is 5.97 Å². The minimum atomic E-state index is -1.42. The van der Waals surface area contributed by atoms with Crippen molar-refractivity contribution in [2.24, 2.45) is 0 Å². The van der Waals surface area contributed by atoms with Gasteiger partial charge in [0.15, 0.2) is 5.82 Å². The van der Waals surface area contributed by atoms with Crippen LogP contribution >= 0.6 is 0 Å². The van der Waals surface area contributed by atoms with Gasteiger partial charge in [-0.3, -0.25) is 10.1 Å². The lowest BCUT2D eigenvalue weighted by Gasteiger charge is -2.25. The summed E-state index contributed by atoms with van der Waals surface area (Å²) < 4.78 is 14.2. The van der Waals surface area contributed by atoms with Crippen LogP contribution in [0.15, 0.2) is 12.1 Å². The van der Waals surface area contributed by atoms with E-state index < -0.39 is 28.0 Å². The molecule has 0 atom stereocenters. The summed E-state index contributed by atoms with van der Waals surface area (Å²) in [6.45, 7) is 2.63. The summed E-state index contributed by atoms with van der Waals surface area (Å²) in [5.74, 6) is -2.16. The van der Waals surface area contributed by atoms with Gasteiger partial charge in [0.25, 0.3) is 5.69 Å². The second kappa shape index (κ2) is 6.07. The van der Waals surface area contributed by atoms with Gasteiger partial charge in [0.1, 0.15) is 5.56 Å². The Morgan fingerprint density at radius 3 is 2.67 bits per heavy atom. The van der Waals surface area contributed by atoms with Crippen molar-refractivity contribution in [1.82, 2.24) is 0 Å². The lowest BCUT2D eigenvalue weighted by molar-refractivity contribution is -0.385. The normalized spacial score (nSPS) is 14.0. The fourth-order valence-corrected chi connectivity index (χ4v) is 2.31. The van der Waals surface area contributed by atoms with Crippen LogP contribution in [0.4, 0.5) is 15.8 Å². The highest BCUT2D eigenvalue weighted by molar-refractivity contribution is 5.93. The van der Waals surface area contributed by atoms with Crippen molar-refractivity contribution >= 4 is 17.3 Å². The Morgan fingerprint density at radius 1 is 1.52 bits per heavy atom. The Labute approximate surface area is 121 Å². The third kappa shape index (κ3) is 3.29. The summed E-state index contributed by atoms with van der Waals surface area (Å²) in [5, 5.41) is 19.9. The van der Waals surface area contributed by atoms with E-state index in [0.717, 1.165) is 31.7 Å². The van der Waals surface area contributed by atoms with Gasteiger partial charge in [-0.15, -0.1) is 0 Å². The first-order chi connectivity index (χ1) is 9.95. The van der Waals surface area contributed by atoms with Gasteiger partial charge in [-0.05, 0) is 25.3 Å². The van der Waals surface area contributed by atoms with E-state index in [1.165, 1.54) is 0 Å². The number of carboxylic acids is 1. The lowest BCUT2D eigenvalue weighted by Crippen LogP contribution is -2.28. The molecule has 6 nitrogen and oxygen atoms in total. The van der Waals surface area contributed by atoms with Crippen LogP contribution in [0.1, 0.15) is 43.0 Å². The topological polar surface area (TPSA) is 83.7 Å². The van der Waals surface area contributed by atoms with Gasteiger partial charge in [0.2, 0.25) is 0 Å². The summed E-state index contributed by atoms with van der Waals surface area (Å²) in [5.41, 5.74) is -1.04. The smallest absolute Gasteiger partial charge is 0.342 e. The van der Waals surface area contributed by atoms with Gasteiger partial charge in [0, 0.05) is 12.6 Å². The molecule has 21 heavy (non-hydrogen) atoms. The molecule has 0 unspecified atom stereocenters. The number of hydrogen-bond acceptors (Lipinski definition) is 4. The van der Waals surface area contributed by atoms with E-state index in [9.17, 15) is 19.3 Å². The van der Waals surface area contributed by atoms with Crippen LogP contribution in [-0.4, -0.2) is 28.6 Å². The van der Waals surface area contributed by atoms with Crippen molar-refractivity contribution in [3.05, 3.63) is 33.6 Å². The molecule has 1 aromatic rings.